The number of carbonyl (C=O) groups excluding carboxylic acids is 2. The van der Waals surface area contributed by atoms with Crippen molar-refractivity contribution in [2.24, 2.45) is 0 Å². The van der Waals surface area contributed by atoms with Gasteiger partial charge in [0.15, 0.2) is 8.32 Å². The van der Waals surface area contributed by atoms with Crippen LogP contribution in [0, 0.1) is 6.92 Å². The first-order chi connectivity index (χ1) is 22.0. The Morgan fingerprint density at radius 3 is 2.17 bits per heavy atom. The van der Waals surface area contributed by atoms with Crippen LogP contribution in [0.2, 0.25) is 18.1 Å². The molecule has 0 aliphatic carbocycles. The Kier molecular flexibility index (Phi) is 11.4. The van der Waals surface area contributed by atoms with E-state index >= 15 is 0 Å². The summed E-state index contributed by atoms with van der Waals surface area (Å²) in [5, 5.41) is 7.48. The van der Waals surface area contributed by atoms with Gasteiger partial charge in [0.25, 0.3) is 0 Å². The Morgan fingerprint density at radius 2 is 1.53 bits per heavy atom. The van der Waals surface area contributed by atoms with Crippen LogP contribution in [-0.2, 0) is 20.4 Å². The highest BCUT2D eigenvalue weighted by atomic mass is 28.4. The van der Waals surface area contributed by atoms with Crippen molar-refractivity contribution in [2.45, 2.75) is 110 Å². The standard InChI is InChI=1S/C39H53N3O4Si/c1-27-16-15-20-30(24-27)36(33-26-29-19-13-14-21-31(29)40-33)42-35(43)23-22-34(46-47(8,9)39(5,6)7)32(25-28-17-11-10-12-18-28)41-37(44)45-38(2,3)4/h10-21,24,26,32,34,36,40H,22-23,25H2,1-9H3,(H,41,44)(H,42,43)/t32-,34-,36?/m0/s1. The van der Waals surface area contributed by atoms with Gasteiger partial charge in [0.1, 0.15) is 5.60 Å². The van der Waals surface area contributed by atoms with Gasteiger partial charge in [-0.15, -0.1) is 0 Å². The van der Waals surface area contributed by atoms with Crippen molar-refractivity contribution in [3.05, 3.63) is 107 Å². The number of fused-ring (bicyclic) bond motifs is 1. The lowest BCUT2D eigenvalue weighted by Gasteiger charge is -2.42. The summed E-state index contributed by atoms with van der Waals surface area (Å²) < 4.78 is 12.7. The van der Waals surface area contributed by atoms with Gasteiger partial charge in [0, 0.05) is 17.6 Å². The number of hydrogen-bond acceptors (Lipinski definition) is 4. The van der Waals surface area contributed by atoms with Gasteiger partial charge in [0.05, 0.1) is 18.2 Å². The molecule has 0 saturated carbocycles. The quantitative estimate of drug-likeness (QED) is 0.133. The molecule has 1 unspecified atom stereocenters. The maximum atomic E-state index is 13.9. The van der Waals surface area contributed by atoms with Crippen molar-refractivity contribution in [1.82, 2.24) is 15.6 Å². The van der Waals surface area contributed by atoms with Crippen LogP contribution in [0.25, 0.3) is 10.9 Å². The predicted octanol–water partition coefficient (Wildman–Crippen LogP) is 8.99. The number of amides is 2. The molecule has 3 atom stereocenters. The van der Waals surface area contributed by atoms with E-state index in [4.69, 9.17) is 9.16 Å². The molecule has 0 fully saturated rings. The van der Waals surface area contributed by atoms with Gasteiger partial charge in [-0.2, -0.15) is 0 Å². The topological polar surface area (TPSA) is 92.5 Å². The fourth-order valence-electron chi connectivity index (χ4n) is 5.45. The van der Waals surface area contributed by atoms with E-state index < -0.39 is 32.2 Å². The molecule has 8 heteroatoms. The van der Waals surface area contributed by atoms with Crippen LogP contribution in [-0.4, -0.2) is 43.0 Å². The highest BCUT2D eigenvalue weighted by Gasteiger charge is 2.41. The minimum atomic E-state index is -2.31. The van der Waals surface area contributed by atoms with Crippen LogP contribution in [0.3, 0.4) is 0 Å². The first-order valence-electron chi connectivity index (χ1n) is 16.7. The van der Waals surface area contributed by atoms with Crippen molar-refractivity contribution in [3.63, 3.8) is 0 Å². The first-order valence-corrected chi connectivity index (χ1v) is 19.6. The monoisotopic (exact) mass is 655 g/mol. The molecule has 0 aliphatic rings. The minimum Gasteiger partial charge on any atom is -0.444 e. The van der Waals surface area contributed by atoms with Crippen LogP contribution in [0.5, 0.6) is 0 Å². The second-order valence-corrected chi connectivity index (χ2v) is 19.9. The summed E-state index contributed by atoms with van der Waals surface area (Å²) in [6.45, 7) is 18.6. The van der Waals surface area contributed by atoms with E-state index in [0.717, 1.165) is 33.3 Å². The second-order valence-electron chi connectivity index (χ2n) is 15.1. The number of aromatic amines is 1. The number of nitrogens with one attached hydrogen (secondary N) is 3. The maximum Gasteiger partial charge on any atom is 0.407 e. The molecule has 2 amide bonds. The Balaban J connectivity index is 1.62. The number of H-pyrrole nitrogens is 1. The average molecular weight is 656 g/mol. The zero-order chi connectivity index (χ0) is 34.4. The molecule has 3 aromatic carbocycles. The third-order valence-electron chi connectivity index (χ3n) is 8.90. The summed E-state index contributed by atoms with van der Waals surface area (Å²) in [7, 11) is -2.31. The van der Waals surface area contributed by atoms with Crippen molar-refractivity contribution in [3.8, 4) is 0 Å². The van der Waals surface area contributed by atoms with Gasteiger partial charge in [-0.05, 0) is 87.3 Å². The van der Waals surface area contributed by atoms with Gasteiger partial charge in [0.2, 0.25) is 5.91 Å². The Bertz CT molecular complexity index is 1600. The van der Waals surface area contributed by atoms with Gasteiger partial charge < -0.3 is 24.8 Å². The number of para-hydroxylation sites is 1. The zero-order valence-electron chi connectivity index (χ0n) is 29.6. The highest BCUT2D eigenvalue weighted by molar-refractivity contribution is 6.74. The molecule has 4 rings (SSSR count). The fraction of sp³-hybridized carbons (Fsp3) is 0.436. The van der Waals surface area contributed by atoms with Crippen LogP contribution in [0.1, 0.15) is 82.8 Å². The number of hydrogen-bond donors (Lipinski definition) is 3. The molecule has 1 aromatic heterocycles. The van der Waals surface area contributed by atoms with Gasteiger partial charge in [-0.1, -0.05) is 99.1 Å². The molecule has 0 radical (unpaired) electrons. The predicted molar refractivity (Wildman–Crippen MR) is 194 cm³/mol. The lowest BCUT2D eigenvalue weighted by atomic mass is 9.97. The number of ether oxygens (including phenoxy) is 1. The normalized spacial score (nSPS) is 14.3. The van der Waals surface area contributed by atoms with Crippen molar-refractivity contribution in [2.75, 3.05) is 0 Å². The Morgan fingerprint density at radius 1 is 0.851 bits per heavy atom. The second kappa shape index (κ2) is 14.9. The number of aromatic nitrogens is 1. The van der Waals surface area contributed by atoms with E-state index in [9.17, 15) is 9.59 Å². The summed E-state index contributed by atoms with van der Waals surface area (Å²) in [5.74, 6) is -0.0882. The number of rotatable bonds is 12. The molecule has 0 bridgehead atoms. The zero-order valence-corrected chi connectivity index (χ0v) is 30.6. The number of carbonyl (C=O) groups is 2. The van der Waals surface area contributed by atoms with Gasteiger partial charge in [-0.3, -0.25) is 4.79 Å². The maximum absolute atomic E-state index is 13.9. The molecule has 47 heavy (non-hydrogen) atoms. The molecule has 0 aliphatic heterocycles. The molecule has 4 aromatic rings. The summed E-state index contributed by atoms with van der Waals surface area (Å²) in [6.07, 6.45) is 0.286. The summed E-state index contributed by atoms with van der Waals surface area (Å²) in [4.78, 5) is 30.6. The Hall–Kier alpha value is -3.88. The molecule has 252 valence electrons. The number of aryl methyl sites for hydroxylation is 1. The molecule has 3 N–H and O–H groups in total. The molecule has 1 heterocycles. The van der Waals surface area contributed by atoms with Crippen LogP contribution in [0.4, 0.5) is 4.79 Å². The molecular formula is C39H53N3O4Si. The van der Waals surface area contributed by atoms with Crippen LogP contribution in [0.15, 0.2) is 84.9 Å². The molecule has 0 spiro atoms. The fourth-order valence-corrected chi connectivity index (χ4v) is 6.84. The smallest absolute Gasteiger partial charge is 0.407 e. The third kappa shape index (κ3) is 10.3. The van der Waals surface area contributed by atoms with Gasteiger partial charge in [-0.25, -0.2) is 4.79 Å². The van der Waals surface area contributed by atoms with E-state index in [1.54, 1.807) is 0 Å². The van der Waals surface area contributed by atoms with E-state index in [2.05, 4.69) is 80.7 Å². The van der Waals surface area contributed by atoms with Crippen LogP contribution >= 0.6 is 0 Å². The highest BCUT2D eigenvalue weighted by Crippen LogP contribution is 2.38. The average Bonchev–Trinajstić information content (AvgIpc) is 3.41. The summed E-state index contributed by atoms with van der Waals surface area (Å²) >= 11 is 0. The van der Waals surface area contributed by atoms with E-state index in [1.807, 2.05) is 81.4 Å². The lowest BCUT2D eigenvalue weighted by molar-refractivity contribution is -0.122. The number of benzene rings is 3. The van der Waals surface area contributed by atoms with E-state index in [0.29, 0.717) is 12.8 Å². The van der Waals surface area contributed by atoms with Crippen molar-refractivity contribution >= 4 is 31.2 Å². The summed E-state index contributed by atoms with van der Waals surface area (Å²) in [5.41, 5.74) is 4.50. The van der Waals surface area contributed by atoms with Crippen LogP contribution < -0.4 is 10.6 Å². The Labute approximate surface area is 282 Å². The number of alkyl carbamates (subject to hydrolysis) is 1. The van der Waals surface area contributed by atoms with E-state index in [1.165, 1.54) is 0 Å². The van der Waals surface area contributed by atoms with Gasteiger partial charge >= 0.3 is 6.09 Å². The molecule has 0 saturated heterocycles. The van der Waals surface area contributed by atoms with E-state index in [-0.39, 0.29) is 23.4 Å². The van der Waals surface area contributed by atoms with Crippen molar-refractivity contribution < 1.29 is 18.8 Å². The largest absolute Gasteiger partial charge is 0.444 e. The lowest BCUT2D eigenvalue weighted by Crippen LogP contribution is -2.53. The summed E-state index contributed by atoms with van der Waals surface area (Å²) in [6, 6.07) is 27.8. The first kappa shape index (κ1) is 36.0. The van der Waals surface area contributed by atoms with Crippen molar-refractivity contribution in [1.29, 1.82) is 0 Å². The molecule has 7 nitrogen and oxygen atoms in total. The SMILES string of the molecule is Cc1cccc(C(NC(=O)CC[C@H](O[Si](C)(C)C(C)(C)C)[C@H](Cc2ccccc2)NC(=O)OC(C)(C)C)c2cc3ccccc3[nH]2)c1. The minimum absolute atomic E-state index is 0.0669. The third-order valence-corrected chi connectivity index (χ3v) is 13.4. The molecular weight excluding hydrogens is 603 g/mol.